The minimum atomic E-state index is -0.442. The lowest BCUT2D eigenvalue weighted by molar-refractivity contribution is -0.139. The summed E-state index contributed by atoms with van der Waals surface area (Å²) in [7, 11) is 0. The second kappa shape index (κ2) is 8.66. The van der Waals surface area contributed by atoms with E-state index in [2.05, 4.69) is 15.3 Å². The van der Waals surface area contributed by atoms with Crippen molar-refractivity contribution in [3.8, 4) is 0 Å². The van der Waals surface area contributed by atoms with Crippen LogP contribution < -0.4 is 5.32 Å². The van der Waals surface area contributed by atoms with E-state index in [0.29, 0.717) is 28.7 Å². The molecule has 1 N–H and O–H groups in total. The van der Waals surface area contributed by atoms with Gasteiger partial charge in [-0.3, -0.25) is 24.7 Å². The van der Waals surface area contributed by atoms with Crippen LogP contribution in [-0.4, -0.2) is 39.0 Å². The zero-order chi connectivity index (χ0) is 22.1. The van der Waals surface area contributed by atoms with Gasteiger partial charge < -0.3 is 9.32 Å². The molecule has 0 spiro atoms. The molecule has 1 aliphatic heterocycles. The summed E-state index contributed by atoms with van der Waals surface area (Å²) >= 11 is 1.15. The number of nitrogens with zero attached hydrogens (tertiary/aromatic N) is 3. The number of pyridine rings is 1. The molecule has 0 radical (unpaired) electrons. The number of amides is 2. The van der Waals surface area contributed by atoms with Crippen LogP contribution in [0.4, 0.5) is 5.13 Å². The van der Waals surface area contributed by atoms with E-state index < -0.39 is 11.8 Å². The number of fused-ring (bicyclic) bond motifs is 1. The third kappa shape index (κ3) is 3.95. The Morgan fingerprint density at radius 1 is 1.19 bits per heavy atom. The van der Waals surface area contributed by atoms with E-state index in [1.54, 1.807) is 18.3 Å². The Labute approximate surface area is 188 Å². The zero-order valence-corrected chi connectivity index (χ0v) is 18.1. The lowest BCUT2D eigenvalue weighted by Crippen LogP contribution is -2.44. The van der Waals surface area contributed by atoms with E-state index in [1.807, 2.05) is 23.2 Å². The first kappa shape index (κ1) is 20.6. The smallest absolute Gasteiger partial charge is 0.293 e. The SMILES string of the molecule is O=C(Nc1nc2c(s1)C(=O)C[C@@H](C(=O)N1CCCC[C@@H]1c1cccnc1)C2)c1ccco1. The van der Waals surface area contributed by atoms with E-state index in [-0.39, 0.29) is 29.9 Å². The molecule has 5 rings (SSSR count). The van der Waals surface area contributed by atoms with Crippen LogP contribution >= 0.6 is 11.3 Å². The van der Waals surface area contributed by atoms with Gasteiger partial charge in [-0.25, -0.2) is 4.98 Å². The molecule has 2 amide bonds. The number of carbonyl (C=O) groups excluding carboxylic acids is 3. The molecule has 2 atom stereocenters. The van der Waals surface area contributed by atoms with Gasteiger partial charge in [-0.05, 0) is 43.0 Å². The number of carbonyl (C=O) groups is 3. The van der Waals surface area contributed by atoms with Gasteiger partial charge in [-0.2, -0.15) is 0 Å². The molecule has 1 saturated heterocycles. The van der Waals surface area contributed by atoms with Gasteiger partial charge in [0.1, 0.15) is 0 Å². The van der Waals surface area contributed by atoms with Crippen LogP contribution in [0.1, 0.15) is 63.2 Å². The number of nitrogens with one attached hydrogen (secondary N) is 1. The molecule has 0 aromatic carbocycles. The number of furan rings is 1. The van der Waals surface area contributed by atoms with Gasteiger partial charge in [0.25, 0.3) is 5.91 Å². The summed E-state index contributed by atoms with van der Waals surface area (Å²) in [6.45, 7) is 0.678. The normalized spacial score (nSPS) is 20.6. The van der Waals surface area contributed by atoms with Crippen molar-refractivity contribution in [2.45, 2.75) is 38.1 Å². The topological polar surface area (TPSA) is 105 Å². The van der Waals surface area contributed by atoms with Crippen LogP contribution in [0.2, 0.25) is 0 Å². The summed E-state index contributed by atoms with van der Waals surface area (Å²) < 4.78 is 5.10. The molecule has 9 heteroatoms. The molecule has 2 aliphatic rings. The average molecular weight is 451 g/mol. The van der Waals surface area contributed by atoms with Crippen molar-refractivity contribution in [1.82, 2.24) is 14.9 Å². The predicted octanol–water partition coefficient (Wildman–Crippen LogP) is 3.88. The summed E-state index contributed by atoms with van der Waals surface area (Å²) in [6, 6.07) is 7.06. The van der Waals surface area contributed by atoms with Gasteiger partial charge in [0.05, 0.1) is 28.8 Å². The van der Waals surface area contributed by atoms with Crippen molar-refractivity contribution < 1.29 is 18.8 Å². The highest BCUT2D eigenvalue weighted by molar-refractivity contribution is 7.17. The second-order valence-corrected chi connectivity index (χ2v) is 9.08. The molecule has 0 saturated carbocycles. The molecular formula is C23H22N4O4S. The van der Waals surface area contributed by atoms with Crippen molar-refractivity contribution >= 4 is 34.1 Å². The quantitative estimate of drug-likeness (QED) is 0.647. The van der Waals surface area contributed by atoms with E-state index >= 15 is 0 Å². The Morgan fingerprint density at radius 3 is 2.88 bits per heavy atom. The number of rotatable bonds is 4. The average Bonchev–Trinajstić information content (AvgIpc) is 3.49. The molecule has 164 valence electrons. The number of aromatic nitrogens is 2. The molecule has 0 unspecified atom stereocenters. The van der Waals surface area contributed by atoms with Gasteiger partial charge in [-0.15, -0.1) is 0 Å². The van der Waals surface area contributed by atoms with Crippen LogP contribution in [-0.2, 0) is 11.2 Å². The first-order valence-electron chi connectivity index (χ1n) is 10.7. The summed E-state index contributed by atoms with van der Waals surface area (Å²) in [4.78, 5) is 49.6. The van der Waals surface area contributed by atoms with Gasteiger partial charge in [-0.1, -0.05) is 17.4 Å². The molecule has 32 heavy (non-hydrogen) atoms. The number of hydrogen-bond acceptors (Lipinski definition) is 7. The summed E-state index contributed by atoms with van der Waals surface area (Å²) in [5.41, 5.74) is 1.61. The summed E-state index contributed by atoms with van der Waals surface area (Å²) in [5.74, 6) is -0.803. The van der Waals surface area contributed by atoms with Crippen molar-refractivity contribution in [2.24, 2.45) is 5.92 Å². The van der Waals surface area contributed by atoms with Gasteiger partial charge in [0.15, 0.2) is 16.7 Å². The second-order valence-electron chi connectivity index (χ2n) is 8.08. The fraction of sp³-hybridized carbons (Fsp3) is 0.348. The molecule has 4 heterocycles. The van der Waals surface area contributed by atoms with Crippen LogP contribution in [0.15, 0.2) is 47.3 Å². The number of hydrogen-bond donors (Lipinski definition) is 1. The fourth-order valence-corrected chi connectivity index (χ4v) is 5.41. The Balaban J connectivity index is 1.33. The number of Topliss-reactive ketones (excluding diaryl/α,β-unsaturated/α-hetero) is 1. The lowest BCUT2D eigenvalue weighted by atomic mass is 9.87. The highest BCUT2D eigenvalue weighted by atomic mass is 32.1. The van der Waals surface area contributed by atoms with E-state index in [4.69, 9.17) is 4.42 Å². The Kier molecular flexibility index (Phi) is 5.57. The zero-order valence-electron chi connectivity index (χ0n) is 17.3. The number of piperidine rings is 1. The van der Waals surface area contributed by atoms with Gasteiger partial charge in [0.2, 0.25) is 5.91 Å². The van der Waals surface area contributed by atoms with Gasteiger partial charge in [0, 0.05) is 31.8 Å². The molecule has 1 fully saturated rings. The minimum Gasteiger partial charge on any atom is -0.459 e. The summed E-state index contributed by atoms with van der Waals surface area (Å²) in [5, 5.41) is 3.02. The van der Waals surface area contributed by atoms with Crippen LogP contribution in [0.3, 0.4) is 0 Å². The standard InChI is InChI=1S/C23H22N4O4S/c28-18-12-15(22(30)27-9-2-1-6-17(27)14-5-3-8-24-13-14)11-16-20(18)32-23(25-16)26-21(29)19-7-4-10-31-19/h3-5,7-8,10,13,15,17H,1-2,6,9,11-12H2,(H,25,26,29)/t15-,17+/m0/s1. The highest BCUT2D eigenvalue weighted by Gasteiger charge is 2.38. The Hall–Kier alpha value is -3.33. The number of ketones is 1. The molecule has 3 aromatic heterocycles. The first-order valence-corrected chi connectivity index (χ1v) is 11.5. The molecule has 0 bridgehead atoms. The lowest BCUT2D eigenvalue weighted by Gasteiger charge is -2.38. The van der Waals surface area contributed by atoms with Gasteiger partial charge >= 0.3 is 0 Å². The molecule has 1 aliphatic carbocycles. The van der Waals surface area contributed by atoms with E-state index in [1.165, 1.54) is 6.26 Å². The van der Waals surface area contributed by atoms with E-state index in [0.717, 1.165) is 36.2 Å². The maximum atomic E-state index is 13.5. The van der Waals surface area contributed by atoms with Crippen molar-refractivity contribution in [3.05, 3.63) is 64.8 Å². The van der Waals surface area contributed by atoms with Crippen LogP contribution in [0.5, 0.6) is 0 Å². The maximum Gasteiger partial charge on any atom is 0.293 e. The molecule has 3 aromatic rings. The maximum absolute atomic E-state index is 13.5. The first-order chi connectivity index (χ1) is 15.6. The Morgan fingerprint density at radius 2 is 2.09 bits per heavy atom. The van der Waals surface area contributed by atoms with Crippen molar-refractivity contribution in [2.75, 3.05) is 11.9 Å². The van der Waals surface area contributed by atoms with Crippen LogP contribution in [0, 0.1) is 5.92 Å². The largest absolute Gasteiger partial charge is 0.459 e. The molecular weight excluding hydrogens is 428 g/mol. The van der Waals surface area contributed by atoms with E-state index in [9.17, 15) is 14.4 Å². The minimum absolute atomic E-state index is 0.00766. The number of thiazole rings is 1. The van der Waals surface area contributed by atoms with Crippen LogP contribution in [0.25, 0.3) is 0 Å². The van der Waals surface area contributed by atoms with Crippen molar-refractivity contribution in [3.63, 3.8) is 0 Å². The highest BCUT2D eigenvalue weighted by Crippen LogP contribution is 2.36. The summed E-state index contributed by atoms with van der Waals surface area (Å²) in [6.07, 6.45) is 8.41. The molecule has 8 nitrogen and oxygen atoms in total. The third-order valence-electron chi connectivity index (χ3n) is 5.99. The number of anilines is 1. The Bertz CT molecular complexity index is 1140. The fourth-order valence-electron chi connectivity index (χ4n) is 4.47. The van der Waals surface area contributed by atoms with Crippen molar-refractivity contribution in [1.29, 1.82) is 0 Å². The number of likely N-dealkylation sites (tertiary alicyclic amines) is 1. The monoisotopic (exact) mass is 450 g/mol. The third-order valence-corrected chi connectivity index (χ3v) is 7.05. The predicted molar refractivity (Wildman–Crippen MR) is 117 cm³/mol.